The lowest BCUT2D eigenvalue weighted by Gasteiger charge is -2.08. The van der Waals surface area contributed by atoms with Crippen molar-refractivity contribution in [2.45, 2.75) is 32.4 Å². The zero-order valence-corrected chi connectivity index (χ0v) is 9.54. The van der Waals surface area contributed by atoms with Crippen molar-refractivity contribution < 1.29 is 9.90 Å². The van der Waals surface area contributed by atoms with Crippen LogP contribution in [0.1, 0.15) is 32.0 Å². The van der Waals surface area contributed by atoms with Gasteiger partial charge in [0.1, 0.15) is 6.04 Å². The summed E-state index contributed by atoms with van der Waals surface area (Å²) in [5.74, 6) is -1.06. The molecule has 84 valence electrons. The molecule has 0 aromatic carbocycles. The molecule has 0 aliphatic carbocycles. The van der Waals surface area contributed by atoms with Crippen molar-refractivity contribution >= 4 is 22.4 Å². The van der Waals surface area contributed by atoms with Gasteiger partial charge < -0.3 is 16.2 Å². The summed E-state index contributed by atoms with van der Waals surface area (Å²) >= 11 is 1.37. The van der Waals surface area contributed by atoms with Gasteiger partial charge in [-0.2, -0.15) is 0 Å². The number of aromatic nitrogens is 1. The van der Waals surface area contributed by atoms with E-state index in [4.69, 9.17) is 10.8 Å². The van der Waals surface area contributed by atoms with Crippen molar-refractivity contribution in [3.05, 3.63) is 11.1 Å². The monoisotopic (exact) mass is 229 g/mol. The summed E-state index contributed by atoms with van der Waals surface area (Å²) in [7, 11) is 0. The Hall–Kier alpha value is -1.14. The molecule has 2 unspecified atom stereocenters. The molecule has 5 nitrogen and oxygen atoms in total. The second-order valence-electron chi connectivity index (χ2n) is 3.35. The number of aliphatic carboxylic acids is 1. The number of carbonyl (C=O) groups is 1. The van der Waals surface area contributed by atoms with Gasteiger partial charge in [0.15, 0.2) is 5.13 Å². The molecule has 0 amide bonds. The Kier molecular flexibility index (Phi) is 4.05. The molecule has 4 N–H and O–H groups in total. The number of rotatable bonds is 5. The molecular weight excluding hydrogens is 214 g/mol. The first-order valence-electron chi connectivity index (χ1n) is 4.75. The number of hydrogen-bond acceptors (Lipinski definition) is 5. The van der Waals surface area contributed by atoms with Crippen LogP contribution < -0.4 is 11.1 Å². The first-order valence-corrected chi connectivity index (χ1v) is 5.63. The molecule has 0 bridgehead atoms. The predicted octanol–water partition coefficient (Wildman–Crippen LogP) is 1.44. The van der Waals surface area contributed by atoms with Gasteiger partial charge in [0.05, 0.1) is 5.69 Å². The van der Waals surface area contributed by atoms with Crippen LogP contribution in [-0.4, -0.2) is 22.1 Å². The summed E-state index contributed by atoms with van der Waals surface area (Å²) in [5.41, 5.74) is 5.83. The van der Waals surface area contributed by atoms with Gasteiger partial charge in [-0.25, -0.2) is 4.98 Å². The zero-order chi connectivity index (χ0) is 11.4. The van der Waals surface area contributed by atoms with Crippen molar-refractivity contribution in [1.29, 1.82) is 0 Å². The summed E-state index contributed by atoms with van der Waals surface area (Å²) in [4.78, 5) is 14.7. The van der Waals surface area contributed by atoms with E-state index in [1.165, 1.54) is 11.3 Å². The fourth-order valence-electron chi connectivity index (χ4n) is 0.935. The molecular formula is C9H15N3O2S. The van der Waals surface area contributed by atoms with E-state index in [0.717, 1.165) is 11.6 Å². The van der Waals surface area contributed by atoms with Crippen molar-refractivity contribution in [2.24, 2.45) is 5.73 Å². The number of nitrogens with one attached hydrogen (secondary N) is 1. The Morgan fingerprint density at radius 1 is 1.80 bits per heavy atom. The summed E-state index contributed by atoms with van der Waals surface area (Å²) in [5, 5.41) is 14.2. The third kappa shape index (κ3) is 3.17. The number of hydrogen-bond donors (Lipinski definition) is 3. The molecule has 2 atom stereocenters. The van der Waals surface area contributed by atoms with Crippen LogP contribution in [0.5, 0.6) is 0 Å². The predicted molar refractivity (Wildman–Crippen MR) is 60.1 cm³/mol. The van der Waals surface area contributed by atoms with Gasteiger partial charge in [-0.05, 0) is 13.3 Å². The van der Waals surface area contributed by atoms with E-state index >= 15 is 0 Å². The van der Waals surface area contributed by atoms with Crippen LogP contribution in [0.4, 0.5) is 5.13 Å². The quantitative estimate of drug-likeness (QED) is 0.711. The average molecular weight is 229 g/mol. The molecule has 1 rings (SSSR count). The average Bonchev–Trinajstić information content (AvgIpc) is 2.64. The number of thiazole rings is 1. The molecule has 15 heavy (non-hydrogen) atoms. The number of carboxylic acids is 1. The van der Waals surface area contributed by atoms with Crippen LogP contribution in [0.15, 0.2) is 5.38 Å². The minimum Gasteiger partial charge on any atom is -0.480 e. The van der Waals surface area contributed by atoms with Gasteiger partial charge in [-0.1, -0.05) is 6.92 Å². The number of anilines is 1. The normalized spacial score (nSPS) is 14.6. The second kappa shape index (κ2) is 5.09. The Bertz CT molecular complexity index is 340. The SMILES string of the molecule is CCC(C)Nc1nc(C(N)C(=O)O)cs1. The Morgan fingerprint density at radius 3 is 3.00 bits per heavy atom. The molecule has 0 spiro atoms. The maximum absolute atomic E-state index is 10.6. The van der Waals surface area contributed by atoms with E-state index in [1.54, 1.807) is 5.38 Å². The van der Waals surface area contributed by atoms with E-state index in [-0.39, 0.29) is 0 Å². The Balaban J connectivity index is 2.68. The highest BCUT2D eigenvalue weighted by Gasteiger charge is 2.17. The molecule has 1 heterocycles. The highest BCUT2D eigenvalue weighted by Crippen LogP contribution is 2.20. The first kappa shape index (κ1) is 11.9. The maximum atomic E-state index is 10.6. The van der Waals surface area contributed by atoms with Gasteiger partial charge in [-0.3, -0.25) is 4.79 Å². The largest absolute Gasteiger partial charge is 0.480 e. The minimum absolute atomic E-state index is 0.324. The Labute approximate surface area is 92.3 Å². The van der Waals surface area contributed by atoms with E-state index in [2.05, 4.69) is 17.2 Å². The molecule has 6 heteroatoms. The first-order chi connectivity index (χ1) is 7.04. The van der Waals surface area contributed by atoms with Crippen molar-refractivity contribution in [2.75, 3.05) is 5.32 Å². The van der Waals surface area contributed by atoms with Gasteiger partial charge >= 0.3 is 5.97 Å². The fraction of sp³-hybridized carbons (Fsp3) is 0.556. The maximum Gasteiger partial charge on any atom is 0.326 e. The van der Waals surface area contributed by atoms with Crippen LogP contribution in [0.2, 0.25) is 0 Å². The van der Waals surface area contributed by atoms with Gasteiger partial charge in [0, 0.05) is 11.4 Å². The van der Waals surface area contributed by atoms with Crippen molar-refractivity contribution in [3.63, 3.8) is 0 Å². The van der Waals surface area contributed by atoms with Crippen LogP contribution in [0, 0.1) is 0 Å². The van der Waals surface area contributed by atoms with Crippen LogP contribution in [-0.2, 0) is 4.79 Å². The molecule has 0 aliphatic heterocycles. The molecule has 0 aliphatic rings. The van der Waals surface area contributed by atoms with Crippen LogP contribution >= 0.6 is 11.3 Å². The minimum atomic E-state index is -1.06. The van der Waals surface area contributed by atoms with Crippen LogP contribution in [0.25, 0.3) is 0 Å². The van der Waals surface area contributed by atoms with E-state index in [0.29, 0.717) is 11.7 Å². The lowest BCUT2D eigenvalue weighted by molar-refractivity contribution is -0.138. The van der Waals surface area contributed by atoms with E-state index < -0.39 is 12.0 Å². The lowest BCUT2D eigenvalue weighted by Crippen LogP contribution is -2.21. The topological polar surface area (TPSA) is 88.2 Å². The molecule has 0 saturated carbocycles. The van der Waals surface area contributed by atoms with Gasteiger partial charge in [0.25, 0.3) is 0 Å². The molecule has 1 aromatic heterocycles. The van der Waals surface area contributed by atoms with E-state index in [9.17, 15) is 4.79 Å². The number of nitrogens with two attached hydrogens (primary N) is 1. The summed E-state index contributed by atoms with van der Waals surface area (Å²) < 4.78 is 0. The smallest absolute Gasteiger partial charge is 0.326 e. The summed E-state index contributed by atoms with van der Waals surface area (Å²) in [6, 6.07) is -0.709. The summed E-state index contributed by atoms with van der Waals surface area (Å²) in [6.45, 7) is 4.10. The highest BCUT2D eigenvalue weighted by molar-refractivity contribution is 7.13. The third-order valence-corrected chi connectivity index (χ3v) is 2.88. The van der Waals surface area contributed by atoms with Crippen molar-refractivity contribution in [3.8, 4) is 0 Å². The lowest BCUT2D eigenvalue weighted by atomic mass is 10.2. The van der Waals surface area contributed by atoms with Gasteiger partial charge in [0.2, 0.25) is 0 Å². The zero-order valence-electron chi connectivity index (χ0n) is 8.73. The van der Waals surface area contributed by atoms with E-state index in [1.807, 2.05) is 6.92 Å². The molecule has 1 aromatic rings. The molecule has 0 saturated heterocycles. The number of nitrogens with zero attached hydrogens (tertiary/aromatic N) is 1. The van der Waals surface area contributed by atoms with Gasteiger partial charge in [-0.15, -0.1) is 11.3 Å². The second-order valence-corrected chi connectivity index (χ2v) is 4.21. The van der Waals surface area contributed by atoms with Crippen molar-refractivity contribution in [1.82, 2.24) is 4.98 Å². The number of carboxylic acid groups (broad SMARTS) is 1. The highest BCUT2D eigenvalue weighted by atomic mass is 32.1. The molecule has 0 radical (unpaired) electrons. The van der Waals surface area contributed by atoms with Crippen LogP contribution in [0.3, 0.4) is 0 Å². The fourth-order valence-corrected chi connectivity index (χ4v) is 1.79. The standard InChI is InChI=1S/C9H15N3O2S/c1-3-5(2)11-9-12-6(4-15-9)7(10)8(13)14/h4-5,7H,3,10H2,1-2H3,(H,11,12)(H,13,14). The molecule has 0 fully saturated rings. The summed E-state index contributed by atoms with van der Waals surface area (Å²) in [6.07, 6.45) is 0.986. The Morgan fingerprint density at radius 2 is 2.47 bits per heavy atom. The third-order valence-electron chi connectivity index (χ3n) is 2.09.